The van der Waals surface area contributed by atoms with Gasteiger partial charge in [0, 0.05) is 61.0 Å². The molecule has 10 nitrogen and oxygen atoms in total. The summed E-state index contributed by atoms with van der Waals surface area (Å²) in [6, 6.07) is 48.2. The molecule has 1 aliphatic carbocycles. The summed E-state index contributed by atoms with van der Waals surface area (Å²) in [4.78, 5) is 40.8. The molecule has 7 rings (SSSR count). The van der Waals surface area contributed by atoms with E-state index in [-0.39, 0.29) is 53.7 Å². The Morgan fingerprint density at radius 2 is 0.989 bits per heavy atom. The third-order valence-corrected chi connectivity index (χ3v) is 17.7. The summed E-state index contributed by atoms with van der Waals surface area (Å²) in [6.07, 6.45) is 12.8. The Morgan fingerprint density at radius 3 is 1.42 bits per heavy atom. The molecule has 0 bridgehead atoms. The molecular formula is C77H112O10S5. The van der Waals surface area contributed by atoms with Gasteiger partial charge in [-0.25, -0.2) is 0 Å². The van der Waals surface area contributed by atoms with E-state index in [9.17, 15) is 14.4 Å². The lowest BCUT2D eigenvalue weighted by atomic mass is 10.0. The van der Waals surface area contributed by atoms with E-state index in [1.54, 1.807) is 47.4 Å². The molecule has 5 aromatic rings. The first-order valence-corrected chi connectivity index (χ1v) is 37.7. The van der Waals surface area contributed by atoms with Gasteiger partial charge in [0.2, 0.25) is 0 Å². The van der Waals surface area contributed by atoms with Crippen LogP contribution >= 0.6 is 58.8 Å². The van der Waals surface area contributed by atoms with Gasteiger partial charge in [0.25, 0.3) is 0 Å². The molecule has 0 amide bonds. The maximum atomic E-state index is 12.0. The van der Waals surface area contributed by atoms with Crippen molar-refractivity contribution in [2.45, 2.75) is 205 Å². The van der Waals surface area contributed by atoms with Crippen LogP contribution in [0.2, 0.25) is 0 Å². The molecule has 1 aliphatic heterocycles. The second-order valence-electron chi connectivity index (χ2n) is 24.9. The van der Waals surface area contributed by atoms with Crippen molar-refractivity contribution in [3.05, 3.63) is 174 Å². The molecule has 92 heavy (non-hydrogen) atoms. The Bertz CT molecular complexity index is 2590. The number of thioether (sulfide) groups is 5. The molecule has 0 spiro atoms. The molecule has 1 heterocycles. The first-order valence-electron chi connectivity index (χ1n) is 32.7. The zero-order valence-electron chi connectivity index (χ0n) is 58.4. The number of hydrogen-bond acceptors (Lipinski definition) is 15. The lowest BCUT2D eigenvalue weighted by Crippen LogP contribution is -2.28. The number of para-hydroxylation sites is 1. The van der Waals surface area contributed by atoms with Gasteiger partial charge in [-0.3, -0.25) is 14.4 Å². The molecule has 1 saturated heterocycles. The van der Waals surface area contributed by atoms with Crippen LogP contribution in [0.4, 0.5) is 0 Å². The number of rotatable bonds is 32. The van der Waals surface area contributed by atoms with Crippen LogP contribution in [0.15, 0.2) is 188 Å². The number of carbonyl (C=O) groups excluding carboxylic acids is 3. The van der Waals surface area contributed by atoms with Crippen molar-refractivity contribution in [1.29, 1.82) is 0 Å². The predicted molar refractivity (Wildman–Crippen MR) is 395 cm³/mol. The van der Waals surface area contributed by atoms with Gasteiger partial charge in [-0.2, -0.15) is 0 Å². The van der Waals surface area contributed by atoms with Gasteiger partial charge < -0.3 is 33.2 Å². The normalized spacial score (nSPS) is 13.7. The zero-order chi connectivity index (χ0) is 68.1. The summed E-state index contributed by atoms with van der Waals surface area (Å²) >= 11 is 8.45. The highest BCUT2D eigenvalue weighted by Crippen LogP contribution is 2.27. The predicted octanol–water partition coefficient (Wildman–Crippen LogP) is 20.7. The van der Waals surface area contributed by atoms with E-state index in [4.69, 9.17) is 33.2 Å². The van der Waals surface area contributed by atoms with E-state index >= 15 is 0 Å². The summed E-state index contributed by atoms with van der Waals surface area (Å²) in [5, 5.41) is 0.251. The van der Waals surface area contributed by atoms with Gasteiger partial charge in [0.05, 0.1) is 56.9 Å². The fourth-order valence-corrected chi connectivity index (χ4v) is 12.1. The van der Waals surface area contributed by atoms with Crippen molar-refractivity contribution < 1.29 is 47.5 Å². The maximum Gasteiger partial charge on any atom is 0.311 e. The quantitative estimate of drug-likeness (QED) is 0.0176. The van der Waals surface area contributed by atoms with Crippen LogP contribution in [0.5, 0.6) is 5.75 Å². The van der Waals surface area contributed by atoms with Crippen LogP contribution in [-0.4, -0.2) is 110 Å². The molecule has 0 radical (unpaired) electrons. The standard InChI is InChI=1S/C20H24O2S2.C14H24O2S.C11H22O3.C11H14O2.C11H14OS.C10H14S/c1-16(2)13-20(21)22-17(14-23-18-9-5-3-6-10-18)15-24-19-11-7-4-8-12-19;1-11(2)15-9-13(16-12(3)4)10-17-14-7-5-6-8-14;1-8(2)11(7-12-9(3)4)14-6-10-5-13-10;2*1-9(2)8-11(12)13-10-6-4-3-5-7-10;1-8(2)9-4-6-10(11-3)7-5-9/h3-12,16-17H,13-15H2,1-2H3;5,7-8,11-13H,6,9-10H2,1-4H3;8-11H,5-7H2,1-4H3;2*3-7,9H,8H2,1-2H3;4-8H,1-3H3. The molecule has 2 aliphatic rings. The van der Waals surface area contributed by atoms with E-state index in [0.29, 0.717) is 80.5 Å². The lowest BCUT2D eigenvalue weighted by molar-refractivity contribution is -0.147. The lowest BCUT2D eigenvalue weighted by Gasteiger charge is -2.22. The summed E-state index contributed by atoms with van der Waals surface area (Å²) in [6.45, 7) is 36.2. The number of carbonyl (C=O) groups is 3. The van der Waals surface area contributed by atoms with Crippen LogP contribution in [0.1, 0.15) is 148 Å². The summed E-state index contributed by atoms with van der Waals surface area (Å²) in [5.41, 5.74) is 1.42. The van der Waals surface area contributed by atoms with Crippen molar-refractivity contribution in [3.63, 3.8) is 0 Å². The molecule has 0 aromatic heterocycles. The summed E-state index contributed by atoms with van der Waals surface area (Å²) in [7, 11) is 0. The van der Waals surface area contributed by atoms with E-state index in [2.05, 4.69) is 142 Å². The Morgan fingerprint density at radius 1 is 0.511 bits per heavy atom. The minimum atomic E-state index is -0.166. The molecule has 15 heteroatoms. The molecule has 3 atom stereocenters. The second kappa shape index (κ2) is 51.1. The van der Waals surface area contributed by atoms with Crippen LogP contribution < -0.4 is 4.74 Å². The minimum absolute atomic E-state index is 0.0911. The third-order valence-electron chi connectivity index (χ3n) is 12.6. The van der Waals surface area contributed by atoms with Crippen molar-refractivity contribution in [3.8, 4) is 5.75 Å². The van der Waals surface area contributed by atoms with Gasteiger partial charge in [-0.15, -0.1) is 47.0 Å². The highest BCUT2D eigenvalue weighted by atomic mass is 32.2. The van der Waals surface area contributed by atoms with E-state index in [1.807, 2.05) is 138 Å². The van der Waals surface area contributed by atoms with Crippen molar-refractivity contribution in [2.24, 2.45) is 23.7 Å². The number of esters is 2. The Balaban J connectivity index is 0.000000384. The van der Waals surface area contributed by atoms with E-state index < -0.39 is 0 Å². The molecule has 3 unspecified atom stereocenters. The number of allylic oxidation sites excluding steroid dienone is 3. The molecule has 0 saturated carbocycles. The molecular weight excluding hydrogens is 1250 g/mol. The number of ether oxygens (including phenoxy) is 7. The SMILES string of the molecule is CC(C)CC(=O)OC(CSc1ccccc1)CSc1ccccc1.CC(C)CC(=O)Oc1ccccc1.CC(C)CC(=O)Sc1ccccc1.CC(C)OCC(CSC1=CCC=C1)OC(C)C.CC(C)OCC(OCC1CO1)C(C)C.CSc1ccc(C(C)C)cc1. The fraction of sp³-hybridized carbons (Fsp3) is 0.519. The average Bonchev–Trinajstić information content (AvgIpc) is 4.01. The Labute approximate surface area is 577 Å². The summed E-state index contributed by atoms with van der Waals surface area (Å²) < 4.78 is 38.7. The van der Waals surface area contributed by atoms with Gasteiger partial charge in [0.1, 0.15) is 18.0 Å². The topological polar surface area (TPSA) is 119 Å². The molecule has 510 valence electrons. The third kappa shape index (κ3) is 46.0. The van der Waals surface area contributed by atoms with E-state index in [1.165, 1.54) is 36.9 Å². The Hall–Kier alpha value is -4.26. The monoisotopic (exact) mass is 1360 g/mol. The van der Waals surface area contributed by atoms with Crippen molar-refractivity contribution in [2.75, 3.05) is 49.9 Å². The minimum Gasteiger partial charge on any atom is -0.461 e. The highest BCUT2D eigenvalue weighted by Gasteiger charge is 2.26. The number of benzene rings is 5. The number of hydrogen-bond donors (Lipinski definition) is 0. The fourth-order valence-electron chi connectivity index (χ4n) is 7.73. The smallest absolute Gasteiger partial charge is 0.311 e. The van der Waals surface area contributed by atoms with Gasteiger partial charge in [0.15, 0.2) is 5.12 Å². The first kappa shape index (κ1) is 83.8. The Kier molecular flexibility index (Phi) is 46.5. The maximum absolute atomic E-state index is 12.0. The van der Waals surface area contributed by atoms with Gasteiger partial charge >= 0.3 is 11.9 Å². The molecule has 1 fully saturated rings. The molecule has 0 N–H and O–H groups in total. The second-order valence-corrected chi connectivity index (χ2v) is 30.1. The largest absolute Gasteiger partial charge is 0.461 e. The van der Waals surface area contributed by atoms with Crippen LogP contribution in [0.25, 0.3) is 0 Å². The number of epoxide rings is 1. The van der Waals surface area contributed by atoms with Crippen LogP contribution in [-0.2, 0) is 42.8 Å². The van der Waals surface area contributed by atoms with Crippen molar-refractivity contribution >= 4 is 75.9 Å². The van der Waals surface area contributed by atoms with Gasteiger partial charge in [-0.05, 0) is 150 Å². The average molecular weight is 1360 g/mol. The van der Waals surface area contributed by atoms with Crippen LogP contribution in [0, 0.1) is 23.7 Å². The first-order chi connectivity index (χ1) is 43.9. The highest BCUT2D eigenvalue weighted by molar-refractivity contribution is 8.13. The summed E-state index contributed by atoms with van der Waals surface area (Å²) in [5.74, 6) is 5.11. The molecule has 5 aromatic carbocycles. The van der Waals surface area contributed by atoms with Crippen LogP contribution in [0.3, 0.4) is 0 Å². The van der Waals surface area contributed by atoms with E-state index in [0.717, 1.165) is 35.2 Å². The van der Waals surface area contributed by atoms with Gasteiger partial charge in [-0.1, -0.05) is 184 Å². The zero-order valence-corrected chi connectivity index (χ0v) is 62.5. The van der Waals surface area contributed by atoms with Crippen molar-refractivity contribution in [1.82, 2.24) is 0 Å².